The second-order valence-electron chi connectivity index (χ2n) is 8.15. The number of carbonyl (C=O) groups excluding carboxylic acids is 1. The molecule has 0 amide bonds. The molecule has 0 fully saturated rings. The summed E-state index contributed by atoms with van der Waals surface area (Å²) in [6, 6.07) is 23.3. The molecule has 1 aliphatic carbocycles. The van der Waals surface area contributed by atoms with Crippen LogP contribution in [-0.4, -0.2) is 24.0 Å². The van der Waals surface area contributed by atoms with Crippen molar-refractivity contribution in [3.63, 3.8) is 0 Å². The number of aryl methyl sites for hydroxylation is 1. The second-order valence-corrected chi connectivity index (χ2v) is 9.83. The van der Waals surface area contributed by atoms with E-state index in [0.717, 1.165) is 33.6 Å². The van der Waals surface area contributed by atoms with Crippen molar-refractivity contribution in [1.82, 2.24) is 9.78 Å². The molecule has 1 N–H and O–H groups in total. The van der Waals surface area contributed by atoms with Gasteiger partial charge in [0.15, 0.2) is 5.78 Å². The molecule has 0 saturated carbocycles. The lowest BCUT2D eigenvalue weighted by atomic mass is 10.1. The molecule has 8 heteroatoms. The SMILES string of the molecule is Cc1ccc(S(=O)(=O)Nc2ccc3c(c2)-c2c(c(C(=O)CC#N)nn2-c2ccccc2)C3)cc1. The van der Waals surface area contributed by atoms with E-state index in [0.29, 0.717) is 12.1 Å². The molecule has 0 saturated heterocycles. The Morgan fingerprint density at radius 1 is 1.09 bits per heavy atom. The lowest BCUT2D eigenvalue weighted by molar-refractivity contribution is 0.0992. The Hall–Kier alpha value is -4.22. The molecule has 1 heterocycles. The second kappa shape index (κ2) is 8.28. The number of carbonyl (C=O) groups is 1. The topological polar surface area (TPSA) is 105 Å². The highest BCUT2D eigenvalue weighted by Gasteiger charge is 2.31. The minimum absolute atomic E-state index is 0.179. The highest BCUT2D eigenvalue weighted by atomic mass is 32.2. The van der Waals surface area contributed by atoms with E-state index in [4.69, 9.17) is 5.26 Å². The summed E-state index contributed by atoms with van der Waals surface area (Å²) >= 11 is 0. The van der Waals surface area contributed by atoms with E-state index in [1.54, 1.807) is 41.1 Å². The molecular formula is C26H20N4O3S. The van der Waals surface area contributed by atoms with Crippen LogP contribution in [0.1, 0.15) is 33.6 Å². The molecule has 34 heavy (non-hydrogen) atoms. The van der Waals surface area contributed by atoms with Crippen LogP contribution in [0.3, 0.4) is 0 Å². The normalized spacial score (nSPS) is 12.0. The fourth-order valence-corrected chi connectivity index (χ4v) is 5.22. The number of aromatic nitrogens is 2. The molecule has 1 aromatic heterocycles. The van der Waals surface area contributed by atoms with Crippen LogP contribution in [0.2, 0.25) is 0 Å². The third-order valence-electron chi connectivity index (χ3n) is 5.80. The first-order valence-electron chi connectivity index (χ1n) is 10.7. The fraction of sp³-hybridized carbons (Fsp3) is 0.115. The number of sulfonamides is 1. The van der Waals surface area contributed by atoms with Crippen molar-refractivity contribution < 1.29 is 13.2 Å². The smallest absolute Gasteiger partial charge is 0.261 e. The average molecular weight is 469 g/mol. The van der Waals surface area contributed by atoms with E-state index in [1.165, 1.54) is 0 Å². The first-order valence-corrected chi connectivity index (χ1v) is 12.2. The highest BCUT2D eigenvalue weighted by molar-refractivity contribution is 7.92. The van der Waals surface area contributed by atoms with Gasteiger partial charge < -0.3 is 0 Å². The van der Waals surface area contributed by atoms with Crippen molar-refractivity contribution in [2.24, 2.45) is 0 Å². The number of nitriles is 1. The number of Topliss-reactive ketones (excluding diaryl/α,β-unsaturated/α-hetero) is 1. The van der Waals surface area contributed by atoms with Crippen molar-refractivity contribution in [2.45, 2.75) is 24.7 Å². The number of nitrogens with one attached hydrogen (secondary N) is 1. The van der Waals surface area contributed by atoms with Gasteiger partial charge in [0.2, 0.25) is 0 Å². The average Bonchev–Trinajstić information content (AvgIpc) is 3.37. The van der Waals surface area contributed by atoms with E-state index in [2.05, 4.69) is 9.82 Å². The van der Waals surface area contributed by atoms with Gasteiger partial charge in [-0.2, -0.15) is 10.4 Å². The van der Waals surface area contributed by atoms with Crippen molar-refractivity contribution in [3.8, 4) is 23.0 Å². The summed E-state index contributed by atoms with van der Waals surface area (Å²) in [5.74, 6) is -0.332. The monoisotopic (exact) mass is 468 g/mol. The van der Waals surface area contributed by atoms with Gasteiger partial charge in [-0.15, -0.1) is 0 Å². The van der Waals surface area contributed by atoms with Crippen LogP contribution in [0, 0.1) is 18.3 Å². The Morgan fingerprint density at radius 2 is 1.82 bits per heavy atom. The molecule has 7 nitrogen and oxygen atoms in total. The number of anilines is 1. The first kappa shape index (κ1) is 21.6. The van der Waals surface area contributed by atoms with Crippen LogP contribution in [0.15, 0.2) is 77.7 Å². The lowest BCUT2D eigenvalue weighted by Gasteiger charge is -2.12. The van der Waals surface area contributed by atoms with Crippen LogP contribution in [0.4, 0.5) is 5.69 Å². The number of benzene rings is 3. The van der Waals surface area contributed by atoms with E-state index >= 15 is 0 Å². The summed E-state index contributed by atoms with van der Waals surface area (Å²) in [7, 11) is -3.77. The number of rotatable bonds is 6. The summed E-state index contributed by atoms with van der Waals surface area (Å²) in [6.07, 6.45) is 0.227. The summed E-state index contributed by atoms with van der Waals surface area (Å²) < 4.78 is 30.2. The zero-order chi connectivity index (χ0) is 23.9. The van der Waals surface area contributed by atoms with Gasteiger partial charge >= 0.3 is 0 Å². The number of hydrogen-bond donors (Lipinski definition) is 1. The molecule has 0 radical (unpaired) electrons. The fourth-order valence-electron chi connectivity index (χ4n) is 4.17. The number of ketones is 1. The van der Waals surface area contributed by atoms with Gasteiger partial charge in [-0.3, -0.25) is 9.52 Å². The number of para-hydroxylation sites is 1. The number of hydrogen-bond acceptors (Lipinski definition) is 5. The molecule has 0 unspecified atom stereocenters. The van der Waals surface area contributed by atoms with Gasteiger partial charge in [0, 0.05) is 23.2 Å². The molecule has 4 aromatic rings. The van der Waals surface area contributed by atoms with Crippen LogP contribution in [-0.2, 0) is 16.4 Å². The van der Waals surface area contributed by atoms with Gasteiger partial charge in [-0.1, -0.05) is 42.0 Å². The van der Waals surface area contributed by atoms with Crippen LogP contribution < -0.4 is 4.72 Å². The van der Waals surface area contributed by atoms with E-state index in [1.807, 2.05) is 49.4 Å². The lowest BCUT2D eigenvalue weighted by Crippen LogP contribution is -2.13. The molecule has 0 aliphatic heterocycles. The van der Waals surface area contributed by atoms with Crippen molar-refractivity contribution in [2.75, 3.05) is 4.72 Å². The van der Waals surface area contributed by atoms with Crippen molar-refractivity contribution >= 4 is 21.5 Å². The first-order chi connectivity index (χ1) is 16.4. The van der Waals surface area contributed by atoms with E-state index in [9.17, 15) is 13.2 Å². The number of nitrogens with zero attached hydrogens (tertiary/aromatic N) is 3. The van der Waals surface area contributed by atoms with E-state index < -0.39 is 10.0 Å². The van der Waals surface area contributed by atoms with Gasteiger partial charge in [0.05, 0.1) is 22.3 Å². The van der Waals surface area contributed by atoms with E-state index in [-0.39, 0.29) is 22.8 Å². The maximum atomic E-state index is 12.9. The number of fused-ring (bicyclic) bond motifs is 3. The molecule has 0 spiro atoms. The van der Waals surface area contributed by atoms with Crippen LogP contribution in [0.25, 0.3) is 16.9 Å². The third-order valence-corrected chi connectivity index (χ3v) is 7.20. The van der Waals surface area contributed by atoms with Gasteiger partial charge in [-0.25, -0.2) is 13.1 Å². The summed E-state index contributed by atoms with van der Waals surface area (Å²) in [5, 5.41) is 13.6. The largest absolute Gasteiger partial charge is 0.291 e. The maximum Gasteiger partial charge on any atom is 0.261 e. The van der Waals surface area contributed by atoms with Crippen molar-refractivity contribution in [3.05, 3.63) is 95.2 Å². The minimum Gasteiger partial charge on any atom is -0.291 e. The molecule has 0 atom stereocenters. The summed E-state index contributed by atoms with van der Waals surface area (Å²) in [5.41, 5.74) is 5.67. The molecule has 1 aliphatic rings. The van der Waals surface area contributed by atoms with Gasteiger partial charge in [-0.05, 0) is 48.9 Å². The quantitative estimate of drug-likeness (QED) is 0.365. The standard InChI is InChI=1S/C26H20N4O3S/c1-17-7-11-21(12-8-17)34(32,33)29-19-10-9-18-15-23-25(24(31)13-14-27)28-30(26(23)22(18)16-19)20-5-3-2-4-6-20/h2-12,16,29H,13,15H2,1H3. The van der Waals surface area contributed by atoms with Gasteiger partial charge in [0.25, 0.3) is 10.0 Å². The zero-order valence-corrected chi connectivity index (χ0v) is 19.1. The summed E-state index contributed by atoms with van der Waals surface area (Å²) in [6.45, 7) is 1.90. The Morgan fingerprint density at radius 3 is 2.53 bits per heavy atom. The molecule has 3 aromatic carbocycles. The third kappa shape index (κ3) is 3.76. The molecular weight excluding hydrogens is 448 g/mol. The van der Waals surface area contributed by atoms with Crippen LogP contribution >= 0.6 is 0 Å². The van der Waals surface area contributed by atoms with Gasteiger partial charge in [0.1, 0.15) is 12.1 Å². The predicted molar refractivity (Wildman–Crippen MR) is 128 cm³/mol. The maximum absolute atomic E-state index is 12.9. The Labute approximate surface area is 197 Å². The summed E-state index contributed by atoms with van der Waals surface area (Å²) in [4.78, 5) is 12.8. The Kier molecular flexibility index (Phi) is 5.27. The van der Waals surface area contributed by atoms with Crippen LogP contribution in [0.5, 0.6) is 0 Å². The van der Waals surface area contributed by atoms with Crippen molar-refractivity contribution in [1.29, 1.82) is 5.26 Å². The molecule has 5 rings (SSSR count). The molecule has 0 bridgehead atoms. The Balaban J connectivity index is 1.60. The zero-order valence-electron chi connectivity index (χ0n) is 18.3. The highest BCUT2D eigenvalue weighted by Crippen LogP contribution is 2.41. The minimum atomic E-state index is -3.77. The Bertz CT molecular complexity index is 1570. The predicted octanol–water partition coefficient (Wildman–Crippen LogP) is 4.65. The molecule has 168 valence electrons.